The normalized spacial score (nSPS) is 16.9. The van der Waals surface area contributed by atoms with Crippen LogP contribution in [0.5, 0.6) is 5.75 Å². The molecule has 1 fully saturated rings. The molecular weight excluding hydrogens is 662 g/mol. The van der Waals surface area contributed by atoms with Gasteiger partial charge in [0.2, 0.25) is 0 Å². The number of carboxylic acids is 1. The number of carboxylic acid groups (broad SMARTS) is 1. The molecule has 0 aliphatic carbocycles. The van der Waals surface area contributed by atoms with E-state index in [1.54, 1.807) is 6.07 Å². The summed E-state index contributed by atoms with van der Waals surface area (Å²) in [6.07, 6.45) is -2.18. The van der Waals surface area contributed by atoms with E-state index in [2.05, 4.69) is 22.2 Å². The monoisotopic (exact) mass is 693 g/mol. The van der Waals surface area contributed by atoms with Crippen molar-refractivity contribution in [3.63, 3.8) is 0 Å². The van der Waals surface area contributed by atoms with Gasteiger partial charge in [0.05, 0.1) is 27.7 Å². The maximum atomic E-state index is 14.0. The van der Waals surface area contributed by atoms with E-state index in [4.69, 9.17) is 31.2 Å². The zero-order valence-electron chi connectivity index (χ0n) is 25.6. The number of piperidine rings is 1. The number of amides is 1. The van der Waals surface area contributed by atoms with Crippen LogP contribution < -0.4 is 15.6 Å². The van der Waals surface area contributed by atoms with Crippen LogP contribution in [-0.4, -0.2) is 94.2 Å². The van der Waals surface area contributed by atoms with E-state index in [0.29, 0.717) is 41.2 Å². The van der Waals surface area contributed by atoms with Crippen LogP contribution in [0, 0.1) is 5.82 Å². The Morgan fingerprint density at radius 3 is 2.56 bits per heavy atom. The van der Waals surface area contributed by atoms with Gasteiger partial charge in [-0.1, -0.05) is 23.7 Å². The lowest BCUT2D eigenvalue weighted by Crippen LogP contribution is -2.43. The van der Waals surface area contributed by atoms with E-state index in [-0.39, 0.29) is 41.4 Å². The molecule has 3 aromatic rings. The molecule has 11 nitrogen and oxygen atoms in total. The number of benzene rings is 2. The minimum atomic E-state index is -5.08. The average molecular weight is 694 g/mol. The highest BCUT2D eigenvalue weighted by molar-refractivity contribution is 6.32. The number of aliphatic hydroxyl groups excluding tert-OH is 1. The summed E-state index contributed by atoms with van der Waals surface area (Å²) in [6, 6.07) is 10.1. The number of alkyl halides is 3. The van der Waals surface area contributed by atoms with Gasteiger partial charge in [-0.3, -0.25) is 14.6 Å². The standard InChI is InChI=1S/C30H31ClFN5O4.C2HF3O2/c1-36-9-6-19(7-10-36)37-15-18-11-17-12-26(35-25(17)13-21(18)30(37)40)27-24(5-8-33-29(27)39)34-14-20(38)16-41-28-22(31)3-2-4-23(28)32;3-2(4,5)1(6)7/h2-5,8,11,13,19-20,38H,6-7,9-10,12,14-16H2,1H3,(H2,33,34,39);(H,6,7)/t20-;/m1./s1. The minimum absolute atomic E-state index is 0.0400. The highest BCUT2D eigenvalue weighted by Gasteiger charge is 2.38. The minimum Gasteiger partial charge on any atom is -0.486 e. The molecule has 48 heavy (non-hydrogen) atoms. The van der Waals surface area contributed by atoms with Crippen molar-refractivity contribution in [3.8, 4) is 5.75 Å². The van der Waals surface area contributed by atoms with Crippen molar-refractivity contribution in [3.05, 3.63) is 86.0 Å². The number of hydrogen-bond donors (Lipinski definition) is 4. The number of aliphatic imine (C=N–C) groups is 1. The fraction of sp³-hybridized carbons (Fsp3) is 0.375. The Hall–Kier alpha value is -4.47. The molecule has 0 spiro atoms. The van der Waals surface area contributed by atoms with Crippen LogP contribution in [0.25, 0.3) is 0 Å². The van der Waals surface area contributed by atoms with Crippen LogP contribution in [0.4, 0.5) is 28.9 Å². The van der Waals surface area contributed by atoms with Crippen LogP contribution >= 0.6 is 11.6 Å². The van der Waals surface area contributed by atoms with Gasteiger partial charge in [0.15, 0.2) is 11.6 Å². The molecular formula is C32H32ClF4N5O6. The van der Waals surface area contributed by atoms with E-state index < -0.39 is 24.1 Å². The fourth-order valence-corrected chi connectivity index (χ4v) is 6.00. The smallest absolute Gasteiger partial charge is 0.486 e. The van der Waals surface area contributed by atoms with Crippen molar-refractivity contribution in [1.82, 2.24) is 14.8 Å². The van der Waals surface area contributed by atoms with Crippen LogP contribution in [0.3, 0.4) is 0 Å². The maximum absolute atomic E-state index is 14.0. The van der Waals surface area contributed by atoms with Crippen molar-refractivity contribution < 1.29 is 42.1 Å². The predicted octanol–water partition coefficient (Wildman–Crippen LogP) is 4.38. The van der Waals surface area contributed by atoms with Crippen LogP contribution in [-0.2, 0) is 17.8 Å². The van der Waals surface area contributed by atoms with Crippen LogP contribution in [0.2, 0.25) is 5.02 Å². The number of H-pyrrole nitrogens is 1. The Morgan fingerprint density at radius 2 is 1.90 bits per heavy atom. The molecule has 16 heteroatoms. The van der Waals surface area contributed by atoms with Gasteiger partial charge < -0.3 is 35.1 Å². The van der Waals surface area contributed by atoms with E-state index in [0.717, 1.165) is 37.1 Å². The molecule has 0 radical (unpaired) electrons. The average Bonchev–Trinajstić information content (AvgIpc) is 3.58. The number of pyridine rings is 1. The molecule has 0 unspecified atom stereocenters. The largest absolute Gasteiger partial charge is 0.490 e. The molecule has 1 amide bonds. The molecule has 1 saturated heterocycles. The first-order chi connectivity index (χ1) is 22.7. The van der Waals surface area contributed by atoms with Crippen LogP contribution in [0.15, 0.2) is 52.4 Å². The second-order valence-electron chi connectivity index (χ2n) is 11.6. The molecule has 4 N–H and O–H groups in total. The van der Waals surface area contributed by atoms with Gasteiger partial charge in [-0.2, -0.15) is 13.2 Å². The van der Waals surface area contributed by atoms with Gasteiger partial charge in [0.1, 0.15) is 12.7 Å². The summed E-state index contributed by atoms with van der Waals surface area (Å²) in [7, 11) is 2.11. The summed E-state index contributed by atoms with van der Waals surface area (Å²) in [5.74, 6) is -3.44. The topological polar surface area (TPSA) is 148 Å². The van der Waals surface area contributed by atoms with Crippen molar-refractivity contribution >= 4 is 40.6 Å². The molecule has 0 saturated carbocycles. The number of fused-ring (bicyclic) bond motifs is 2. The van der Waals surface area contributed by atoms with Crippen molar-refractivity contribution in [2.45, 2.75) is 44.1 Å². The molecule has 256 valence electrons. The van der Waals surface area contributed by atoms with Gasteiger partial charge in [0.25, 0.3) is 11.5 Å². The molecule has 2 aromatic carbocycles. The fourth-order valence-electron chi connectivity index (χ4n) is 5.78. The number of carbonyl (C=O) groups excluding carboxylic acids is 1. The van der Waals surface area contributed by atoms with Gasteiger partial charge >= 0.3 is 12.1 Å². The van der Waals surface area contributed by atoms with Gasteiger partial charge in [-0.15, -0.1) is 0 Å². The van der Waals surface area contributed by atoms with Crippen molar-refractivity contribution in [1.29, 1.82) is 0 Å². The van der Waals surface area contributed by atoms with Gasteiger partial charge in [-0.05, 0) is 68.4 Å². The second kappa shape index (κ2) is 14.3. The summed E-state index contributed by atoms with van der Waals surface area (Å²) in [6.45, 7) is 2.41. The highest BCUT2D eigenvalue weighted by atomic mass is 35.5. The molecule has 1 atom stereocenters. The lowest BCUT2D eigenvalue weighted by molar-refractivity contribution is -0.192. The number of para-hydroxylation sites is 1. The first-order valence-corrected chi connectivity index (χ1v) is 15.3. The molecule has 6 rings (SSSR count). The number of halogens is 5. The van der Waals surface area contributed by atoms with E-state index in [1.165, 1.54) is 24.4 Å². The second-order valence-corrected chi connectivity index (χ2v) is 12.0. The lowest BCUT2D eigenvalue weighted by Gasteiger charge is -2.34. The summed E-state index contributed by atoms with van der Waals surface area (Å²) < 4.78 is 51.1. The zero-order chi connectivity index (χ0) is 34.7. The molecule has 1 aromatic heterocycles. The molecule has 3 aliphatic rings. The number of nitrogens with one attached hydrogen (secondary N) is 2. The number of nitrogens with zero attached hydrogens (tertiary/aromatic N) is 3. The predicted molar refractivity (Wildman–Crippen MR) is 169 cm³/mol. The number of likely N-dealkylation sites (tertiary alicyclic amines) is 1. The summed E-state index contributed by atoms with van der Waals surface area (Å²) in [5.41, 5.74) is 4.49. The van der Waals surface area contributed by atoms with Crippen molar-refractivity contribution in [2.24, 2.45) is 4.99 Å². The first kappa shape index (κ1) is 34.9. The molecule has 3 aliphatic heterocycles. The first-order valence-electron chi connectivity index (χ1n) is 15.0. The lowest BCUT2D eigenvalue weighted by atomic mass is 10.00. The molecule has 0 bridgehead atoms. The molecule has 4 heterocycles. The summed E-state index contributed by atoms with van der Waals surface area (Å²) in [4.78, 5) is 46.9. The van der Waals surface area contributed by atoms with Gasteiger partial charge in [0, 0.05) is 37.3 Å². The third kappa shape index (κ3) is 7.80. The van der Waals surface area contributed by atoms with Crippen molar-refractivity contribution in [2.75, 3.05) is 38.6 Å². The number of aromatic amines is 1. The van der Waals surface area contributed by atoms with Crippen LogP contribution in [0.1, 0.15) is 39.9 Å². The Kier molecular flexibility index (Phi) is 10.4. The Bertz CT molecular complexity index is 1770. The zero-order valence-corrected chi connectivity index (χ0v) is 26.4. The Labute approximate surface area is 276 Å². The Balaban J connectivity index is 0.000000582. The Morgan fingerprint density at radius 1 is 1.19 bits per heavy atom. The summed E-state index contributed by atoms with van der Waals surface area (Å²) in [5, 5.41) is 20.8. The van der Waals surface area contributed by atoms with E-state index >= 15 is 0 Å². The number of anilines is 1. The number of aliphatic hydroxyl groups is 1. The number of rotatable bonds is 8. The number of carbonyl (C=O) groups is 2. The third-order valence-corrected chi connectivity index (χ3v) is 8.54. The quantitative estimate of drug-likeness (QED) is 0.254. The summed E-state index contributed by atoms with van der Waals surface area (Å²) >= 11 is 5.99. The van der Waals surface area contributed by atoms with E-state index in [1.807, 2.05) is 17.0 Å². The van der Waals surface area contributed by atoms with E-state index in [9.17, 15) is 32.3 Å². The highest BCUT2D eigenvalue weighted by Crippen LogP contribution is 2.37. The number of ether oxygens (including phenoxy) is 1. The third-order valence-electron chi connectivity index (χ3n) is 8.24. The SMILES string of the molecule is CN1CCC(N2Cc3cc4c(cc3C2=O)N=C(c2c(NC[C@@H](O)COc3c(F)cccc3Cl)cc[nH]c2=O)C4)CC1.O=C(O)C(F)(F)F. The maximum Gasteiger partial charge on any atom is 0.490 e. The number of aromatic nitrogens is 1. The number of aliphatic carboxylic acids is 1. The van der Waals surface area contributed by atoms with Gasteiger partial charge in [-0.25, -0.2) is 9.18 Å². The number of hydrogen-bond acceptors (Lipinski definition) is 8.